The Bertz CT molecular complexity index is 952. The number of carbonyl (C=O) groups excluding carboxylic acids is 1. The number of aromatic nitrogens is 3. The molecule has 1 aromatic carbocycles. The Morgan fingerprint density at radius 1 is 1.12 bits per heavy atom. The molecule has 0 aliphatic carbocycles. The van der Waals surface area contributed by atoms with Gasteiger partial charge in [-0.05, 0) is 57.9 Å². The number of amides is 1. The highest BCUT2D eigenvalue weighted by Crippen LogP contribution is 2.29. The highest BCUT2D eigenvalue weighted by Gasteiger charge is 2.18. The van der Waals surface area contributed by atoms with Crippen molar-refractivity contribution >= 4 is 45.0 Å². The number of rotatable bonds is 4. The maximum Gasteiger partial charge on any atom is 0.239 e. The summed E-state index contributed by atoms with van der Waals surface area (Å²) in [5, 5.41) is 13.8. The molecule has 25 heavy (non-hydrogen) atoms. The molecule has 5 nitrogen and oxygen atoms in total. The van der Waals surface area contributed by atoms with Crippen molar-refractivity contribution in [2.24, 2.45) is 0 Å². The molecule has 7 heteroatoms. The number of nitrogens with one attached hydrogen (secondary N) is 1. The van der Waals surface area contributed by atoms with E-state index in [0.717, 1.165) is 21.1 Å². The number of carbonyl (C=O) groups is 1. The first-order chi connectivity index (χ1) is 11.8. The third-order valence-electron chi connectivity index (χ3n) is 3.85. The largest absolute Gasteiger partial charge is 0.300 e. The summed E-state index contributed by atoms with van der Waals surface area (Å²) in [6.45, 7) is 9.98. The average molecular weight is 373 g/mol. The van der Waals surface area contributed by atoms with Crippen LogP contribution in [0.5, 0.6) is 0 Å². The first-order valence-corrected chi connectivity index (χ1v) is 9.69. The molecule has 0 spiro atoms. The SMILES string of the molecule is Cc1cc(C)c2nc(SC(C)C(=O)Nc3nnc(C)s3)cc(C)c2c1. The van der Waals surface area contributed by atoms with Gasteiger partial charge in [-0.15, -0.1) is 10.2 Å². The van der Waals surface area contributed by atoms with E-state index < -0.39 is 0 Å². The number of nitrogens with zero attached hydrogens (tertiary/aromatic N) is 3. The number of hydrogen-bond acceptors (Lipinski definition) is 6. The molecule has 0 fully saturated rings. The van der Waals surface area contributed by atoms with Gasteiger partial charge in [0.2, 0.25) is 11.0 Å². The molecule has 1 N–H and O–H groups in total. The standard InChI is InChI=1S/C18H20N4OS2/c1-9-6-11(3)16-14(7-9)10(2)8-15(19-16)24-12(4)17(23)20-18-22-21-13(5)25-18/h6-8,12H,1-5H3,(H,20,22,23). The van der Waals surface area contributed by atoms with Crippen LogP contribution in [0.1, 0.15) is 28.6 Å². The van der Waals surface area contributed by atoms with Crippen LogP contribution in [-0.2, 0) is 4.79 Å². The Hall–Kier alpha value is -1.99. The number of fused-ring (bicyclic) bond motifs is 1. The molecule has 1 atom stereocenters. The van der Waals surface area contributed by atoms with E-state index in [0.29, 0.717) is 5.13 Å². The van der Waals surface area contributed by atoms with Gasteiger partial charge in [-0.25, -0.2) is 4.98 Å². The van der Waals surface area contributed by atoms with Crippen molar-refractivity contribution in [3.05, 3.63) is 39.9 Å². The first kappa shape index (κ1) is 17.8. The summed E-state index contributed by atoms with van der Waals surface area (Å²) in [7, 11) is 0. The Morgan fingerprint density at radius 2 is 1.88 bits per heavy atom. The van der Waals surface area contributed by atoms with E-state index in [9.17, 15) is 4.79 Å². The summed E-state index contributed by atoms with van der Waals surface area (Å²) in [4.78, 5) is 17.1. The van der Waals surface area contributed by atoms with E-state index in [2.05, 4.69) is 48.4 Å². The van der Waals surface area contributed by atoms with E-state index >= 15 is 0 Å². The molecule has 0 bridgehead atoms. The smallest absolute Gasteiger partial charge is 0.239 e. The predicted octanol–water partition coefficient (Wildman–Crippen LogP) is 4.44. The zero-order valence-electron chi connectivity index (χ0n) is 14.9. The van der Waals surface area contributed by atoms with Crippen LogP contribution in [0.4, 0.5) is 5.13 Å². The van der Waals surface area contributed by atoms with E-state index in [1.165, 1.54) is 39.6 Å². The number of pyridine rings is 1. The fraction of sp³-hybridized carbons (Fsp3) is 0.333. The van der Waals surface area contributed by atoms with Crippen molar-refractivity contribution < 1.29 is 4.79 Å². The zero-order valence-corrected chi connectivity index (χ0v) is 16.5. The van der Waals surface area contributed by atoms with Gasteiger partial charge >= 0.3 is 0 Å². The molecule has 1 unspecified atom stereocenters. The summed E-state index contributed by atoms with van der Waals surface area (Å²) < 4.78 is 0. The highest BCUT2D eigenvalue weighted by atomic mass is 32.2. The predicted molar refractivity (Wildman–Crippen MR) is 105 cm³/mol. The fourth-order valence-corrected chi connectivity index (χ4v) is 4.18. The molecule has 2 aromatic heterocycles. The maximum atomic E-state index is 12.4. The van der Waals surface area contributed by atoms with Crippen LogP contribution in [0.15, 0.2) is 23.2 Å². The highest BCUT2D eigenvalue weighted by molar-refractivity contribution is 8.00. The van der Waals surface area contributed by atoms with Crippen LogP contribution in [0, 0.1) is 27.7 Å². The number of benzene rings is 1. The Kier molecular flexibility index (Phi) is 5.06. The van der Waals surface area contributed by atoms with E-state index in [-0.39, 0.29) is 11.2 Å². The lowest BCUT2D eigenvalue weighted by Gasteiger charge is -2.13. The summed E-state index contributed by atoms with van der Waals surface area (Å²) >= 11 is 2.82. The summed E-state index contributed by atoms with van der Waals surface area (Å²) in [5.74, 6) is -0.0960. The lowest BCUT2D eigenvalue weighted by molar-refractivity contribution is -0.115. The molecule has 130 valence electrons. The molecule has 3 rings (SSSR count). The topological polar surface area (TPSA) is 67.8 Å². The summed E-state index contributed by atoms with van der Waals surface area (Å²) in [5.41, 5.74) is 4.56. The van der Waals surface area contributed by atoms with Crippen LogP contribution in [0.25, 0.3) is 10.9 Å². The molecule has 1 amide bonds. The number of hydrogen-bond donors (Lipinski definition) is 1. The quantitative estimate of drug-likeness (QED) is 0.686. The average Bonchev–Trinajstić information content (AvgIpc) is 2.93. The van der Waals surface area contributed by atoms with Crippen molar-refractivity contribution in [1.29, 1.82) is 0 Å². The molecule has 3 aromatic rings. The van der Waals surface area contributed by atoms with Gasteiger partial charge in [0, 0.05) is 5.39 Å². The third kappa shape index (κ3) is 3.99. The van der Waals surface area contributed by atoms with Gasteiger partial charge in [-0.3, -0.25) is 10.1 Å². The van der Waals surface area contributed by atoms with E-state index in [1.54, 1.807) is 0 Å². The molecular formula is C18H20N4OS2. The third-order valence-corrected chi connectivity index (χ3v) is 5.63. The Morgan fingerprint density at radius 3 is 2.56 bits per heavy atom. The molecule has 0 aliphatic rings. The van der Waals surface area contributed by atoms with Crippen molar-refractivity contribution in [3.8, 4) is 0 Å². The van der Waals surface area contributed by atoms with Crippen LogP contribution < -0.4 is 5.32 Å². The van der Waals surface area contributed by atoms with Gasteiger partial charge in [0.05, 0.1) is 15.8 Å². The number of anilines is 1. The second kappa shape index (κ2) is 7.09. The van der Waals surface area contributed by atoms with Gasteiger partial charge in [-0.2, -0.15) is 0 Å². The molecule has 0 aliphatic heterocycles. The molecule has 0 saturated heterocycles. The van der Waals surface area contributed by atoms with Crippen molar-refractivity contribution in [2.75, 3.05) is 5.32 Å². The van der Waals surface area contributed by atoms with Crippen LogP contribution in [0.3, 0.4) is 0 Å². The number of aryl methyl sites for hydroxylation is 4. The van der Waals surface area contributed by atoms with Crippen molar-refractivity contribution in [1.82, 2.24) is 15.2 Å². The summed E-state index contributed by atoms with van der Waals surface area (Å²) in [6, 6.07) is 6.34. The normalized spacial score (nSPS) is 12.4. The maximum absolute atomic E-state index is 12.4. The molecular weight excluding hydrogens is 352 g/mol. The molecule has 0 radical (unpaired) electrons. The molecule has 0 saturated carbocycles. The minimum absolute atomic E-state index is 0.0960. The molecule has 2 heterocycles. The van der Waals surface area contributed by atoms with Crippen LogP contribution in [0.2, 0.25) is 0 Å². The Labute approximate surface area is 155 Å². The minimum Gasteiger partial charge on any atom is -0.300 e. The number of thioether (sulfide) groups is 1. The van der Waals surface area contributed by atoms with Gasteiger partial charge in [0.1, 0.15) is 5.01 Å². The van der Waals surface area contributed by atoms with Crippen LogP contribution in [-0.4, -0.2) is 26.3 Å². The zero-order chi connectivity index (χ0) is 18.1. The minimum atomic E-state index is -0.278. The van der Waals surface area contributed by atoms with Gasteiger partial charge in [-0.1, -0.05) is 34.7 Å². The lowest BCUT2D eigenvalue weighted by atomic mass is 10.0. The Balaban J connectivity index is 1.81. The lowest BCUT2D eigenvalue weighted by Crippen LogP contribution is -2.22. The van der Waals surface area contributed by atoms with Gasteiger partial charge < -0.3 is 0 Å². The van der Waals surface area contributed by atoms with E-state index in [1.807, 2.05) is 19.9 Å². The monoisotopic (exact) mass is 372 g/mol. The van der Waals surface area contributed by atoms with Crippen molar-refractivity contribution in [3.63, 3.8) is 0 Å². The first-order valence-electron chi connectivity index (χ1n) is 7.99. The van der Waals surface area contributed by atoms with Crippen molar-refractivity contribution in [2.45, 2.75) is 44.9 Å². The van der Waals surface area contributed by atoms with Gasteiger partial charge in [0.25, 0.3) is 0 Å². The van der Waals surface area contributed by atoms with E-state index in [4.69, 9.17) is 4.98 Å². The fourth-order valence-electron chi connectivity index (χ4n) is 2.66. The summed E-state index contributed by atoms with van der Waals surface area (Å²) in [6.07, 6.45) is 0. The van der Waals surface area contributed by atoms with Crippen LogP contribution >= 0.6 is 23.1 Å². The second-order valence-electron chi connectivity index (χ2n) is 6.13. The second-order valence-corrected chi connectivity index (χ2v) is 8.67. The van der Waals surface area contributed by atoms with Gasteiger partial charge in [0.15, 0.2) is 0 Å².